The van der Waals surface area contributed by atoms with Crippen LogP contribution in [0, 0.1) is 20.2 Å². The van der Waals surface area contributed by atoms with E-state index in [0.717, 1.165) is 12.2 Å². The molecule has 11 heteroatoms. The summed E-state index contributed by atoms with van der Waals surface area (Å²) in [6, 6.07) is -1.98. The molecular formula is C6H8N4O6S. The van der Waals surface area contributed by atoms with E-state index in [2.05, 4.69) is 0 Å². The summed E-state index contributed by atoms with van der Waals surface area (Å²) in [6.07, 6.45) is 2.38. The summed E-state index contributed by atoms with van der Waals surface area (Å²) < 4.78 is 22.6. The molecule has 0 amide bonds. The van der Waals surface area contributed by atoms with Crippen LogP contribution in [0.25, 0.3) is 0 Å². The van der Waals surface area contributed by atoms with Gasteiger partial charge in [-0.15, -0.1) is 0 Å². The molecule has 17 heavy (non-hydrogen) atoms. The number of allylic oxidation sites excluding steroid dienone is 2. The van der Waals surface area contributed by atoms with Crippen LogP contribution in [-0.4, -0.2) is 29.2 Å². The molecule has 10 nitrogen and oxygen atoms in total. The van der Waals surface area contributed by atoms with Crippen LogP contribution in [0.4, 0.5) is 0 Å². The van der Waals surface area contributed by atoms with Crippen LogP contribution in [-0.2, 0) is 10.0 Å². The normalized spacial score (nSPS) is 28.6. The second-order valence-electron chi connectivity index (χ2n) is 3.24. The second kappa shape index (κ2) is 3.87. The highest BCUT2D eigenvalue weighted by Crippen LogP contribution is 2.29. The van der Waals surface area contributed by atoms with Gasteiger partial charge in [0.1, 0.15) is 0 Å². The number of nitrogens with zero attached hydrogens (tertiary/aromatic N) is 2. The van der Waals surface area contributed by atoms with E-state index in [-0.39, 0.29) is 0 Å². The lowest BCUT2D eigenvalue weighted by atomic mass is 10.0. The topological polar surface area (TPSA) is 172 Å². The fourth-order valence-corrected chi connectivity index (χ4v) is 2.38. The molecule has 0 bridgehead atoms. The summed E-state index contributed by atoms with van der Waals surface area (Å²) in [4.78, 5) is 16.3. The lowest BCUT2D eigenvalue weighted by Gasteiger charge is -2.25. The molecule has 2 unspecified atom stereocenters. The number of hydrogen-bond acceptors (Lipinski definition) is 7. The average molecular weight is 264 g/mol. The molecule has 1 aliphatic carbocycles. The quantitative estimate of drug-likeness (QED) is 0.451. The fraction of sp³-hybridized carbons (Fsp3) is 0.333. The molecule has 94 valence electrons. The SMILES string of the molecule is NC1C([N+](=O)[O-])=CC=CC1([N+](=O)[O-])S(N)(=O)=O. The Balaban J connectivity index is 3.50. The van der Waals surface area contributed by atoms with Crippen molar-refractivity contribution in [1.29, 1.82) is 0 Å². The lowest BCUT2D eigenvalue weighted by molar-refractivity contribution is -0.537. The minimum atomic E-state index is -4.76. The molecule has 0 heterocycles. The van der Waals surface area contributed by atoms with Crippen molar-refractivity contribution in [3.8, 4) is 0 Å². The Kier molecular flexibility index (Phi) is 3.01. The monoisotopic (exact) mass is 264 g/mol. The third-order valence-electron chi connectivity index (χ3n) is 2.32. The van der Waals surface area contributed by atoms with E-state index in [0.29, 0.717) is 6.08 Å². The van der Waals surface area contributed by atoms with E-state index < -0.39 is 36.5 Å². The molecule has 0 radical (unpaired) electrons. The summed E-state index contributed by atoms with van der Waals surface area (Å²) >= 11 is 0. The van der Waals surface area contributed by atoms with Crippen molar-refractivity contribution in [2.45, 2.75) is 10.9 Å². The molecule has 1 aliphatic rings. The second-order valence-corrected chi connectivity index (χ2v) is 4.98. The summed E-state index contributed by atoms with van der Waals surface area (Å²) in [7, 11) is -4.76. The van der Waals surface area contributed by atoms with Crippen LogP contribution < -0.4 is 10.9 Å². The third-order valence-corrected chi connectivity index (χ3v) is 3.77. The molecule has 1 rings (SSSR count). The maximum atomic E-state index is 11.3. The first-order valence-electron chi connectivity index (χ1n) is 4.11. The van der Waals surface area contributed by atoms with E-state index in [9.17, 15) is 28.6 Å². The summed E-state index contributed by atoms with van der Waals surface area (Å²) in [5.41, 5.74) is 4.49. The summed E-state index contributed by atoms with van der Waals surface area (Å²) in [6.45, 7) is 0. The Labute approximate surface area is 94.9 Å². The van der Waals surface area contributed by atoms with Crippen LogP contribution in [0.15, 0.2) is 23.9 Å². The first-order valence-corrected chi connectivity index (χ1v) is 5.65. The van der Waals surface area contributed by atoms with Gasteiger partial charge in [-0.3, -0.25) is 20.2 Å². The van der Waals surface area contributed by atoms with Crippen molar-refractivity contribution in [2.75, 3.05) is 0 Å². The van der Waals surface area contributed by atoms with Crippen molar-refractivity contribution in [3.05, 3.63) is 44.2 Å². The highest BCUT2D eigenvalue weighted by atomic mass is 32.2. The van der Waals surface area contributed by atoms with Crippen LogP contribution >= 0.6 is 0 Å². The van der Waals surface area contributed by atoms with Gasteiger partial charge in [0.2, 0.25) is 0 Å². The largest absolute Gasteiger partial charge is 0.375 e. The van der Waals surface area contributed by atoms with Gasteiger partial charge < -0.3 is 5.73 Å². The van der Waals surface area contributed by atoms with Crippen LogP contribution in [0.1, 0.15) is 0 Å². The zero-order valence-electron chi connectivity index (χ0n) is 8.22. The Morgan fingerprint density at radius 2 is 1.88 bits per heavy atom. The molecule has 0 fully saturated rings. The van der Waals surface area contributed by atoms with Crippen LogP contribution in [0.2, 0.25) is 0 Å². The number of nitrogens with two attached hydrogens (primary N) is 2. The molecule has 4 N–H and O–H groups in total. The van der Waals surface area contributed by atoms with E-state index in [1.807, 2.05) is 0 Å². The summed E-state index contributed by atoms with van der Waals surface area (Å²) in [5.74, 6) is 0. The van der Waals surface area contributed by atoms with Crippen LogP contribution in [0.3, 0.4) is 0 Å². The van der Waals surface area contributed by atoms with E-state index >= 15 is 0 Å². The minimum Gasteiger partial charge on any atom is -0.311 e. The minimum absolute atomic E-state index is 0.625. The van der Waals surface area contributed by atoms with Crippen molar-refractivity contribution < 1.29 is 18.3 Å². The fourth-order valence-electron chi connectivity index (χ4n) is 1.43. The molecule has 0 aromatic rings. The molecule has 0 spiro atoms. The zero-order chi connectivity index (χ0) is 13.4. The molecule has 0 aromatic heterocycles. The molecular weight excluding hydrogens is 256 g/mol. The number of primary sulfonamides is 1. The van der Waals surface area contributed by atoms with Gasteiger partial charge in [0.05, 0.1) is 9.85 Å². The van der Waals surface area contributed by atoms with Gasteiger partial charge in [-0.2, -0.15) is 0 Å². The smallest absolute Gasteiger partial charge is 0.311 e. The number of hydrogen-bond donors (Lipinski definition) is 2. The van der Waals surface area contributed by atoms with Gasteiger partial charge >= 0.3 is 4.87 Å². The zero-order valence-corrected chi connectivity index (χ0v) is 9.03. The van der Waals surface area contributed by atoms with Crippen molar-refractivity contribution in [2.24, 2.45) is 10.9 Å². The van der Waals surface area contributed by atoms with Crippen LogP contribution in [0.5, 0.6) is 0 Å². The Morgan fingerprint density at radius 3 is 2.24 bits per heavy atom. The predicted molar refractivity (Wildman–Crippen MR) is 55.0 cm³/mol. The molecule has 0 aromatic carbocycles. The third kappa shape index (κ3) is 1.79. The average Bonchev–Trinajstić information content (AvgIpc) is 2.14. The van der Waals surface area contributed by atoms with Gasteiger partial charge in [-0.1, -0.05) is 6.08 Å². The maximum Gasteiger partial charge on any atom is 0.375 e. The van der Waals surface area contributed by atoms with Gasteiger partial charge in [-0.25, -0.2) is 13.6 Å². The number of sulfonamides is 1. The highest BCUT2D eigenvalue weighted by Gasteiger charge is 2.62. The van der Waals surface area contributed by atoms with Crippen molar-refractivity contribution in [3.63, 3.8) is 0 Å². The van der Waals surface area contributed by atoms with Crippen molar-refractivity contribution >= 4 is 10.0 Å². The molecule has 2 atom stereocenters. The van der Waals surface area contributed by atoms with Gasteiger partial charge in [-0.05, 0) is 0 Å². The molecule has 0 saturated heterocycles. The first kappa shape index (κ1) is 13.2. The van der Waals surface area contributed by atoms with E-state index in [1.165, 1.54) is 0 Å². The highest BCUT2D eigenvalue weighted by molar-refractivity contribution is 7.90. The lowest BCUT2D eigenvalue weighted by Crippen LogP contribution is -2.62. The maximum absolute atomic E-state index is 11.3. The Hall–Kier alpha value is -1.85. The van der Waals surface area contributed by atoms with Gasteiger partial charge in [0.15, 0.2) is 6.04 Å². The van der Waals surface area contributed by atoms with Gasteiger partial charge in [0, 0.05) is 12.2 Å². The summed E-state index contributed by atoms with van der Waals surface area (Å²) in [5, 5.41) is 26.2. The van der Waals surface area contributed by atoms with Gasteiger partial charge in [0.25, 0.3) is 15.7 Å². The number of rotatable bonds is 3. The van der Waals surface area contributed by atoms with E-state index in [1.54, 1.807) is 0 Å². The van der Waals surface area contributed by atoms with Crippen molar-refractivity contribution in [1.82, 2.24) is 0 Å². The molecule has 0 aliphatic heterocycles. The van der Waals surface area contributed by atoms with E-state index in [4.69, 9.17) is 10.9 Å². The Bertz CT molecular complexity index is 537. The number of nitro groups is 2. The molecule has 0 saturated carbocycles. The standard InChI is InChI=1S/C6H8N4O6S/c7-5-4(9(11)12)2-1-3-6(5,10(13)14)17(8,15)16/h1-3,5H,7H2,(H2,8,15,16). The first-order chi connectivity index (χ1) is 7.64. The predicted octanol–water partition coefficient (Wildman–Crippen LogP) is -1.69. The Morgan fingerprint density at radius 1 is 1.35 bits per heavy atom.